The van der Waals surface area contributed by atoms with E-state index in [0.717, 1.165) is 12.3 Å². The molecule has 1 N–H and O–H groups in total. The first-order chi connectivity index (χ1) is 16.3. The topological polar surface area (TPSA) is 155 Å². The van der Waals surface area contributed by atoms with Gasteiger partial charge in [-0.05, 0) is 39.0 Å². The summed E-state index contributed by atoms with van der Waals surface area (Å²) in [5, 5.41) is 15.9. The van der Waals surface area contributed by atoms with Crippen LogP contribution in [0.3, 0.4) is 0 Å². The molecule has 0 saturated carbocycles. The van der Waals surface area contributed by atoms with Gasteiger partial charge in [0.25, 0.3) is 5.56 Å². The monoisotopic (exact) mass is 470 g/mol. The molecule has 0 bridgehead atoms. The molecule has 0 aliphatic carbocycles. The smallest absolute Gasteiger partial charge is 0.349 e. The van der Waals surface area contributed by atoms with Gasteiger partial charge in [0.2, 0.25) is 5.75 Å². The van der Waals surface area contributed by atoms with Crippen LogP contribution in [0.4, 0.5) is 5.69 Å². The van der Waals surface area contributed by atoms with Crippen LogP contribution >= 0.6 is 0 Å². The lowest BCUT2D eigenvalue weighted by Gasteiger charge is -2.16. The molecular formula is C22H22N4O8. The number of rotatable bonds is 9. The van der Waals surface area contributed by atoms with Crippen LogP contribution in [0.1, 0.15) is 26.3 Å². The molecule has 1 heterocycles. The van der Waals surface area contributed by atoms with Crippen molar-refractivity contribution >= 4 is 28.8 Å². The molecule has 0 amide bonds. The van der Waals surface area contributed by atoms with Crippen molar-refractivity contribution in [1.29, 1.82) is 0 Å². The van der Waals surface area contributed by atoms with E-state index < -0.39 is 33.9 Å². The van der Waals surface area contributed by atoms with Crippen LogP contribution in [-0.4, -0.2) is 46.1 Å². The minimum Gasteiger partial charge on any atom is -0.490 e. The molecule has 0 unspecified atom stereocenters. The molecule has 1 atom stereocenters. The van der Waals surface area contributed by atoms with Gasteiger partial charge in [0, 0.05) is 11.6 Å². The Balaban J connectivity index is 2.06. The maximum absolute atomic E-state index is 12.6. The van der Waals surface area contributed by atoms with Crippen molar-refractivity contribution in [2.24, 2.45) is 5.10 Å². The second-order valence-electron chi connectivity index (χ2n) is 6.91. The number of benzene rings is 2. The van der Waals surface area contributed by atoms with Gasteiger partial charge in [0.15, 0.2) is 11.9 Å². The van der Waals surface area contributed by atoms with Crippen LogP contribution in [0.2, 0.25) is 0 Å². The minimum atomic E-state index is -1.13. The Kier molecular flexibility index (Phi) is 7.41. The molecule has 3 aromatic rings. The van der Waals surface area contributed by atoms with E-state index in [-0.39, 0.29) is 35.7 Å². The van der Waals surface area contributed by atoms with Crippen molar-refractivity contribution < 1.29 is 23.9 Å². The number of nitro benzene ring substituents is 1. The zero-order valence-electron chi connectivity index (χ0n) is 18.6. The first-order valence-electron chi connectivity index (χ1n) is 10.3. The highest BCUT2D eigenvalue weighted by atomic mass is 16.6. The third kappa shape index (κ3) is 5.11. The largest absolute Gasteiger partial charge is 0.490 e. The van der Waals surface area contributed by atoms with Crippen LogP contribution in [-0.2, 0) is 9.53 Å². The molecule has 34 heavy (non-hydrogen) atoms. The van der Waals surface area contributed by atoms with Crippen LogP contribution in [0.25, 0.3) is 10.9 Å². The summed E-state index contributed by atoms with van der Waals surface area (Å²) in [6.07, 6.45) is -0.0217. The van der Waals surface area contributed by atoms with Gasteiger partial charge in [0.05, 0.1) is 35.3 Å². The summed E-state index contributed by atoms with van der Waals surface area (Å²) in [5.41, 5.74) is -1.41. The van der Waals surface area contributed by atoms with Gasteiger partial charge >= 0.3 is 17.3 Å². The zero-order chi connectivity index (χ0) is 24.8. The molecule has 0 aliphatic rings. The van der Waals surface area contributed by atoms with E-state index in [1.807, 2.05) is 0 Å². The summed E-state index contributed by atoms with van der Waals surface area (Å²) in [7, 11) is 0. The number of nitrogens with one attached hydrogen (secondary N) is 1. The van der Waals surface area contributed by atoms with Gasteiger partial charge in [-0.2, -0.15) is 5.10 Å². The Morgan fingerprint density at radius 1 is 1.24 bits per heavy atom. The first kappa shape index (κ1) is 24.2. The first-order valence-corrected chi connectivity index (χ1v) is 10.3. The summed E-state index contributed by atoms with van der Waals surface area (Å²) in [6.45, 7) is 4.95. The van der Waals surface area contributed by atoms with E-state index in [9.17, 15) is 24.5 Å². The number of ether oxygens (including phenoxy) is 3. The number of para-hydroxylation sites is 1. The highest BCUT2D eigenvalue weighted by Crippen LogP contribution is 2.39. The standard InChI is InChI=1S/C22H22N4O8/c1-4-32-18-11-14(10-17(26(30)31)19(18)34-13(3)21(28)33-5-2)12-23-25-20(27)15-8-6-7-9-16(15)24-22(25)29/h6-13H,4-5H2,1-3H3,(H,24,29)/t13-/m1/s1. The van der Waals surface area contributed by atoms with Gasteiger partial charge < -0.3 is 19.2 Å². The molecule has 1 aromatic heterocycles. The van der Waals surface area contributed by atoms with E-state index in [1.54, 1.807) is 32.0 Å². The number of carbonyl (C=O) groups is 1. The number of carbonyl (C=O) groups excluding carboxylic acids is 1. The summed E-state index contributed by atoms with van der Waals surface area (Å²) < 4.78 is 16.5. The van der Waals surface area contributed by atoms with E-state index in [1.165, 1.54) is 19.1 Å². The number of aromatic amines is 1. The normalized spacial score (nSPS) is 12.0. The maximum atomic E-state index is 12.6. The number of aromatic nitrogens is 2. The molecule has 0 saturated heterocycles. The molecule has 12 heteroatoms. The summed E-state index contributed by atoms with van der Waals surface area (Å²) in [5.74, 6) is -0.973. The fourth-order valence-corrected chi connectivity index (χ4v) is 3.07. The number of nitrogens with zero attached hydrogens (tertiary/aromatic N) is 3. The number of H-pyrrole nitrogens is 1. The van der Waals surface area contributed by atoms with Crippen LogP contribution in [0.5, 0.6) is 11.5 Å². The molecule has 0 fully saturated rings. The van der Waals surface area contributed by atoms with Crippen LogP contribution < -0.4 is 20.7 Å². The average Bonchev–Trinajstić information content (AvgIpc) is 2.80. The van der Waals surface area contributed by atoms with Gasteiger partial charge in [-0.3, -0.25) is 14.9 Å². The van der Waals surface area contributed by atoms with E-state index in [0.29, 0.717) is 10.2 Å². The Morgan fingerprint density at radius 2 is 1.97 bits per heavy atom. The van der Waals surface area contributed by atoms with E-state index in [4.69, 9.17) is 14.2 Å². The Labute approximate surface area is 192 Å². The molecule has 0 spiro atoms. The minimum absolute atomic E-state index is 0.0194. The summed E-state index contributed by atoms with van der Waals surface area (Å²) in [6, 6.07) is 8.94. The lowest BCUT2D eigenvalue weighted by molar-refractivity contribution is -0.386. The van der Waals surface area contributed by atoms with Crippen LogP contribution in [0, 0.1) is 10.1 Å². The average molecular weight is 470 g/mol. The number of hydrogen-bond donors (Lipinski definition) is 1. The molecule has 0 aliphatic heterocycles. The zero-order valence-corrected chi connectivity index (χ0v) is 18.6. The summed E-state index contributed by atoms with van der Waals surface area (Å²) >= 11 is 0. The molecule has 0 radical (unpaired) electrons. The molecule has 12 nitrogen and oxygen atoms in total. The SMILES string of the molecule is CCOC(=O)[C@@H](C)Oc1c(OCC)cc(C=Nn2c(=O)[nH]c3ccccc3c2=O)cc1[N+](=O)[O-]. The van der Waals surface area contributed by atoms with E-state index >= 15 is 0 Å². The number of hydrogen-bond acceptors (Lipinski definition) is 9. The van der Waals surface area contributed by atoms with Gasteiger partial charge in [-0.15, -0.1) is 4.68 Å². The summed E-state index contributed by atoms with van der Waals surface area (Å²) in [4.78, 5) is 50.5. The lowest BCUT2D eigenvalue weighted by atomic mass is 10.1. The Morgan fingerprint density at radius 3 is 2.65 bits per heavy atom. The quantitative estimate of drug-likeness (QED) is 0.216. The molecule has 178 valence electrons. The molecule has 2 aromatic carbocycles. The Bertz CT molecular complexity index is 1380. The third-order valence-corrected chi connectivity index (χ3v) is 4.57. The highest BCUT2D eigenvalue weighted by Gasteiger charge is 2.27. The highest BCUT2D eigenvalue weighted by molar-refractivity contribution is 5.84. The van der Waals surface area contributed by atoms with Crippen molar-refractivity contribution in [3.05, 3.63) is 72.9 Å². The van der Waals surface area contributed by atoms with Crippen molar-refractivity contribution in [1.82, 2.24) is 9.66 Å². The Hall–Kier alpha value is -4.48. The fourth-order valence-electron chi connectivity index (χ4n) is 3.07. The second kappa shape index (κ2) is 10.4. The van der Waals surface area contributed by atoms with Crippen LogP contribution in [0.15, 0.2) is 51.1 Å². The maximum Gasteiger partial charge on any atom is 0.349 e. The predicted molar refractivity (Wildman–Crippen MR) is 123 cm³/mol. The fraction of sp³-hybridized carbons (Fsp3) is 0.273. The third-order valence-electron chi connectivity index (χ3n) is 4.57. The number of esters is 1. The molecular weight excluding hydrogens is 448 g/mol. The van der Waals surface area contributed by atoms with Gasteiger partial charge in [0.1, 0.15) is 0 Å². The van der Waals surface area contributed by atoms with E-state index in [2.05, 4.69) is 10.1 Å². The predicted octanol–water partition coefficient (Wildman–Crippen LogP) is 2.21. The number of nitro groups is 1. The van der Waals surface area contributed by atoms with Gasteiger partial charge in [-0.25, -0.2) is 9.59 Å². The second-order valence-corrected chi connectivity index (χ2v) is 6.91. The van der Waals surface area contributed by atoms with Crippen molar-refractivity contribution in [2.75, 3.05) is 13.2 Å². The van der Waals surface area contributed by atoms with Crippen molar-refractivity contribution in [3.8, 4) is 11.5 Å². The number of fused-ring (bicyclic) bond motifs is 1. The van der Waals surface area contributed by atoms with Crippen molar-refractivity contribution in [3.63, 3.8) is 0 Å². The molecule has 3 rings (SSSR count). The van der Waals surface area contributed by atoms with Gasteiger partial charge in [-0.1, -0.05) is 12.1 Å². The van der Waals surface area contributed by atoms with Crippen molar-refractivity contribution in [2.45, 2.75) is 26.9 Å². The lowest BCUT2D eigenvalue weighted by Crippen LogP contribution is -2.32.